The average Bonchev–Trinajstić information content (AvgIpc) is 2.46. The van der Waals surface area contributed by atoms with E-state index >= 15 is 0 Å². The third-order valence-electron chi connectivity index (χ3n) is 2.37. The lowest BCUT2D eigenvalue weighted by Gasteiger charge is -2.06. The summed E-state index contributed by atoms with van der Waals surface area (Å²) in [6.45, 7) is 5.38. The van der Waals surface area contributed by atoms with Crippen molar-refractivity contribution in [2.45, 2.75) is 13.1 Å². The van der Waals surface area contributed by atoms with Crippen LogP contribution in [-0.2, 0) is 15.7 Å². The van der Waals surface area contributed by atoms with Gasteiger partial charge < -0.3 is 4.74 Å². The van der Waals surface area contributed by atoms with Crippen LogP contribution < -0.4 is 0 Å². The Balaban J connectivity index is 0.000000270. The summed E-state index contributed by atoms with van der Waals surface area (Å²) in [5.74, 6) is -0.359. The molecule has 0 saturated carbocycles. The molecule has 0 spiro atoms. The van der Waals surface area contributed by atoms with Gasteiger partial charge in [-0.25, -0.2) is 4.79 Å². The Morgan fingerprint density at radius 2 is 2.05 bits per heavy atom. The number of para-hydroxylation sites is 1. The SMILES string of the molecule is C=CC(=O)OCC.FC(F)(F)c1cnc2ccccc2c1. The number of nitrogens with zero attached hydrogens (tertiary/aromatic N) is 1. The van der Waals surface area contributed by atoms with E-state index in [1.165, 1.54) is 0 Å². The van der Waals surface area contributed by atoms with Crippen LogP contribution in [0.3, 0.4) is 0 Å². The summed E-state index contributed by atoms with van der Waals surface area (Å²) in [6.07, 6.45) is -2.33. The van der Waals surface area contributed by atoms with E-state index in [4.69, 9.17) is 0 Å². The molecule has 3 nitrogen and oxygen atoms in total. The van der Waals surface area contributed by atoms with Crippen molar-refractivity contribution >= 4 is 16.9 Å². The third-order valence-corrected chi connectivity index (χ3v) is 2.37. The Morgan fingerprint density at radius 3 is 2.57 bits per heavy atom. The number of aromatic nitrogens is 1. The molecule has 0 atom stereocenters. The second kappa shape index (κ2) is 7.42. The summed E-state index contributed by atoms with van der Waals surface area (Å²) < 4.78 is 41.3. The number of ether oxygens (including phenoxy) is 1. The zero-order chi connectivity index (χ0) is 15.9. The van der Waals surface area contributed by atoms with Gasteiger partial charge in [0.1, 0.15) is 0 Å². The largest absolute Gasteiger partial charge is 0.463 e. The molecule has 1 aromatic carbocycles. The number of hydrogen-bond donors (Lipinski definition) is 0. The van der Waals surface area contributed by atoms with E-state index in [1.54, 1.807) is 31.2 Å². The third kappa shape index (κ3) is 5.25. The van der Waals surface area contributed by atoms with Gasteiger partial charge in [0.2, 0.25) is 0 Å². The van der Waals surface area contributed by atoms with Crippen LogP contribution in [-0.4, -0.2) is 17.6 Å². The first-order valence-electron chi connectivity index (χ1n) is 6.09. The zero-order valence-electron chi connectivity index (χ0n) is 11.4. The quantitative estimate of drug-likeness (QED) is 0.621. The number of pyridine rings is 1. The van der Waals surface area contributed by atoms with E-state index in [0.717, 1.165) is 18.3 Å². The lowest BCUT2D eigenvalue weighted by Crippen LogP contribution is -2.05. The molecule has 2 aromatic rings. The predicted octanol–water partition coefficient (Wildman–Crippen LogP) is 3.99. The van der Waals surface area contributed by atoms with E-state index < -0.39 is 11.7 Å². The van der Waals surface area contributed by atoms with Crippen molar-refractivity contribution in [2.24, 2.45) is 0 Å². The minimum absolute atomic E-state index is 0.359. The monoisotopic (exact) mass is 297 g/mol. The van der Waals surface area contributed by atoms with Crippen LogP contribution in [0.5, 0.6) is 0 Å². The van der Waals surface area contributed by atoms with Crippen LogP contribution in [0, 0.1) is 0 Å². The van der Waals surface area contributed by atoms with Crippen LogP contribution in [0.1, 0.15) is 12.5 Å². The molecule has 0 bridgehead atoms. The number of esters is 1. The topological polar surface area (TPSA) is 39.2 Å². The molecular formula is C15H14F3NO2. The van der Waals surface area contributed by atoms with Gasteiger partial charge in [-0.05, 0) is 19.1 Å². The standard InChI is InChI=1S/C10H6F3N.C5H8O2/c11-10(12,13)8-5-7-3-1-2-4-9(7)14-6-8;1-3-5(6)7-4-2/h1-6H;3H,1,4H2,2H3. The number of rotatable bonds is 2. The zero-order valence-corrected chi connectivity index (χ0v) is 11.4. The molecule has 0 radical (unpaired) electrons. The summed E-state index contributed by atoms with van der Waals surface area (Å²) in [7, 11) is 0. The maximum absolute atomic E-state index is 12.3. The van der Waals surface area contributed by atoms with E-state index in [9.17, 15) is 18.0 Å². The number of halogens is 3. The normalized spacial score (nSPS) is 10.5. The highest BCUT2D eigenvalue weighted by atomic mass is 19.4. The second-order valence-corrected chi connectivity index (χ2v) is 3.87. The number of alkyl halides is 3. The minimum Gasteiger partial charge on any atom is -0.463 e. The summed E-state index contributed by atoms with van der Waals surface area (Å²) in [5, 5.41) is 0.502. The van der Waals surface area contributed by atoms with Crippen LogP contribution in [0.15, 0.2) is 49.2 Å². The molecule has 0 amide bonds. The lowest BCUT2D eigenvalue weighted by atomic mass is 10.1. The molecule has 21 heavy (non-hydrogen) atoms. The first-order chi connectivity index (χ1) is 9.88. The molecular weight excluding hydrogens is 283 g/mol. The summed E-state index contributed by atoms with van der Waals surface area (Å²) in [4.78, 5) is 13.8. The molecule has 0 fully saturated rings. The second-order valence-electron chi connectivity index (χ2n) is 3.87. The molecule has 0 aliphatic heterocycles. The lowest BCUT2D eigenvalue weighted by molar-refractivity contribution is -0.138. The molecule has 112 valence electrons. The molecule has 6 heteroatoms. The summed E-state index contributed by atoms with van der Waals surface area (Å²) in [6, 6.07) is 7.81. The van der Waals surface area contributed by atoms with Crippen molar-refractivity contribution < 1.29 is 22.7 Å². The van der Waals surface area contributed by atoms with Crippen LogP contribution in [0.25, 0.3) is 10.9 Å². The van der Waals surface area contributed by atoms with E-state index in [0.29, 0.717) is 17.5 Å². The van der Waals surface area contributed by atoms with Crippen molar-refractivity contribution in [2.75, 3.05) is 6.61 Å². The van der Waals surface area contributed by atoms with Crippen molar-refractivity contribution in [3.63, 3.8) is 0 Å². The van der Waals surface area contributed by atoms with Gasteiger partial charge in [0, 0.05) is 17.7 Å². The summed E-state index contributed by atoms with van der Waals surface area (Å²) in [5.41, 5.74) is -0.142. The number of fused-ring (bicyclic) bond motifs is 1. The van der Waals surface area contributed by atoms with Crippen LogP contribution in [0.2, 0.25) is 0 Å². The van der Waals surface area contributed by atoms with Gasteiger partial charge in [0.15, 0.2) is 0 Å². The Labute approximate surface area is 120 Å². The smallest absolute Gasteiger partial charge is 0.417 e. The van der Waals surface area contributed by atoms with Crippen molar-refractivity contribution in [1.82, 2.24) is 4.98 Å². The van der Waals surface area contributed by atoms with Gasteiger partial charge in [0.05, 0.1) is 17.7 Å². The molecule has 0 saturated heterocycles. The van der Waals surface area contributed by atoms with E-state index in [1.807, 2.05) is 0 Å². The molecule has 0 N–H and O–H groups in total. The van der Waals surface area contributed by atoms with Gasteiger partial charge in [-0.3, -0.25) is 4.98 Å². The van der Waals surface area contributed by atoms with Crippen molar-refractivity contribution in [3.05, 3.63) is 54.7 Å². The highest BCUT2D eigenvalue weighted by Gasteiger charge is 2.30. The number of carbonyl (C=O) groups excluding carboxylic acids is 1. The van der Waals surface area contributed by atoms with Crippen molar-refractivity contribution in [1.29, 1.82) is 0 Å². The first kappa shape index (κ1) is 16.7. The van der Waals surface area contributed by atoms with E-state index in [-0.39, 0.29) is 5.97 Å². The first-order valence-corrected chi connectivity index (χ1v) is 6.09. The number of benzene rings is 1. The highest BCUT2D eigenvalue weighted by molar-refractivity contribution is 5.81. The van der Waals surface area contributed by atoms with Crippen LogP contribution >= 0.6 is 0 Å². The number of hydrogen-bond acceptors (Lipinski definition) is 3. The fraction of sp³-hybridized carbons (Fsp3) is 0.200. The highest BCUT2D eigenvalue weighted by Crippen LogP contribution is 2.30. The average molecular weight is 297 g/mol. The Morgan fingerprint density at radius 1 is 1.38 bits per heavy atom. The molecule has 1 heterocycles. The predicted molar refractivity (Wildman–Crippen MR) is 73.6 cm³/mol. The number of carbonyl (C=O) groups is 1. The molecule has 0 unspecified atom stereocenters. The minimum atomic E-state index is -4.32. The Hall–Kier alpha value is -2.37. The molecule has 0 aliphatic rings. The van der Waals surface area contributed by atoms with Gasteiger partial charge in [-0.2, -0.15) is 13.2 Å². The van der Waals surface area contributed by atoms with Crippen molar-refractivity contribution in [3.8, 4) is 0 Å². The van der Waals surface area contributed by atoms with Gasteiger partial charge in [0.25, 0.3) is 0 Å². The molecule has 2 rings (SSSR count). The summed E-state index contributed by atoms with van der Waals surface area (Å²) >= 11 is 0. The fourth-order valence-electron chi connectivity index (χ4n) is 1.43. The Bertz CT molecular complexity index is 624. The molecule has 0 aliphatic carbocycles. The molecule has 1 aromatic heterocycles. The van der Waals surface area contributed by atoms with Crippen LogP contribution in [0.4, 0.5) is 13.2 Å². The van der Waals surface area contributed by atoms with Gasteiger partial charge in [-0.1, -0.05) is 24.8 Å². The van der Waals surface area contributed by atoms with Gasteiger partial charge >= 0.3 is 12.1 Å². The Kier molecular flexibility index (Phi) is 5.90. The fourth-order valence-corrected chi connectivity index (χ4v) is 1.43. The van der Waals surface area contributed by atoms with Gasteiger partial charge in [-0.15, -0.1) is 0 Å². The van der Waals surface area contributed by atoms with E-state index in [2.05, 4.69) is 16.3 Å². The maximum Gasteiger partial charge on any atom is 0.417 e. The maximum atomic E-state index is 12.3.